The van der Waals surface area contributed by atoms with E-state index < -0.39 is 0 Å². The molecule has 1 atom stereocenters. The second-order valence-corrected chi connectivity index (χ2v) is 4.87. The van der Waals surface area contributed by atoms with Gasteiger partial charge in [0.2, 0.25) is 0 Å². The molecule has 1 aliphatic rings. The number of piperazine rings is 1. The summed E-state index contributed by atoms with van der Waals surface area (Å²) in [5, 5.41) is 9.37. The van der Waals surface area contributed by atoms with Crippen LogP contribution in [0.15, 0.2) is 18.3 Å². The SMILES string of the molecule is CC(O)CN1CCN(c2ccc(CN)cn2)CC1. The first kappa shape index (κ1) is 13.3. The van der Waals surface area contributed by atoms with Crippen molar-refractivity contribution in [1.82, 2.24) is 9.88 Å². The van der Waals surface area contributed by atoms with Crippen molar-refractivity contribution in [2.45, 2.75) is 19.6 Å². The van der Waals surface area contributed by atoms with Gasteiger partial charge in [-0.3, -0.25) is 4.90 Å². The topological polar surface area (TPSA) is 65.6 Å². The van der Waals surface area contributed by atoms with Gasteiger partial charge in [-0.1, -0.05) is 6.07 Å². The van der Waals surface area contributed by atoms with Crippen LogP contribution in [0.25, 0.3) is 0 Å². The number of aromatic nitrogens is 1. The van der Waals surface area contributed by atoms with Crippen molar-refractivity contribution in [3.63, 3.8) is 0 Å². The van der Waals surface area contributed by atoms with Crippen LogP contribution in [0.4, 0.5) is 5.82 Å². The largest absolute Gasteiger partial charge is 0.392 e. The van der Waals surface area contributed by atoms with Gasteiger partial charge in [0.1, 0.15) is 5.82 Å². The van der Waals surface area contributed by atoms with Gasteiger partial charge in [0.05, 0.1) is 6.10 Å². The van der Waals surface area contributed by atoms with Crippen LogP contribution in [0.2, 0.25) is 0 Å². The van der Waals surface area contributed by atoms with Crippen molar-refractivity contribution in [3.05, 3.63) is 23.9 Å². The highest BCUT2D eigenvalue weighted by molar-refractivity contribution is 5.39. The number of rotatable bonds is 4. The Hall–Kier alpha value is -1.17. The van der Waals surface area contributed by atoms with E-state index in [1.165, 1.54) is 0 Å². The molecule has 1 saturated heterocycles. The summed E-state index contributed by atoms with van der Waals surface area (Å²) < 4.78 is 0. The first-order valence-electron chi connectivity index (χ1n) is 6.49. The van der Waals surface area contributed by atoms with E-state index in [1.54, 1.807) is 0 Å². The van der Waals surface area contributed by atoms with Gasteiger partial charge in [-0.2, -0.15) is 0 Å². The molecule has 1 aliphatic heterocycles. The zero-order chi connectivity index (χ0) is 13.0. The van der Waals surface area contributed by atoms with Gasteiger partial charge in [0, 0.05) is 45.5 Å². The fourth-order valence-corrected chi connectivity index (χ4v) is 2.26. The average molecular weight is 250 g/mol. The number of pyridine rings is 1. The van der Waals surface area contributed by atoms with Gasteiger partial charge in [0.25, 0.3) is 0 Å². The molecule has 100 valence electrons. The lowest BCUT2D eigenvalue weighted by molar-refractivity contribution is 0.122. The molecule has 0 aliphatic carbocycles. The second kappa shape index (κ2) is 6.13. The molecule has 3 N–H and O–H groups in total. The van der Waals surface area contributed by atoms with E-state index >= 15 is 0 Å². The molecule has 1 aromatic heterocycles. The van der Waals surface area contributed by atoms with E-state index in [9.17, 15) is 5.11 Å². The molecule has 0 amide bonds. The lowest BCUT2D eigenvalue weighted by atomic mass is 10.2. The van der Waals surface area contributed by atoms with E-state index in [4.69, 9.17) is 5.73 Å². The number of β-amino-alcohol motifs (C(OH)–C–C–N with tert-alkyl or cyclic N) is 1. The second-order valence-electron chi connectivity index (χ2n) is 4.87. The molecule has 0 bridgehead atoms. The van der Waals surface area contributed by atoms with Crippen LogP contribution in [0.1, 0.15) is 12.5 Å². The lowest BCUT2D eigenvalue weighted by Gasteiger charge is -2.35. The Morgan fingerprint density at radius 1 is 1.33 bits per heavy atom. The molecule has 5 nitrogen and oxygen atoms in total. The molecular weight excluding hydrogens is 228 g/mol. The number of hydrogen-bond acceptors (Lipinski definition) is 5. The average Bonchev–Trinajstić information content (AvgIpc) is 2.39. The minimum absolute atomic E-state index is 0.251. The Morgan fingerprint density at radius 2 is 2.06 bits per heavy atom. The molecule has 1 fully saturated rings. The molecule has 0 aromatic carbocycles. The van der Waals surface area contributed by atoms with Crippen molar-refractivity contribution in [3.8, 4) is 0 Å². The minimum atomic E-state index is -0.251. The summed E-state index contributed by atoms with van der Waals surface area (Å²) in [7, 11) is 0. The summed E-state index contributed by atoms with van der Waals surface area (Å²) in [4.78, 5) is 9.00. The first-order valence-corrected chi connectivity index (χ1v) is 6.49. The molecule has 1 aromatic rings. The zero-order valence-corrected chi connectivity index (χ0v) is 10.9. The molecular formula is C13H22N4O. The van der Waals surface area contributed by atoms with E-state index in [2.05, 4.69) is 14.8 Å². The quantitative estimate of drug-likeness (QED) is 0.790. The van der Waals surface area contributed by atoms with Crippen molar-refractivity contribution in [2.75, 3.05) is 37.6 Å². The van der Waals surface area contributed by atoms with E-state index in [0.29, 0.717) is 6.54 Å². The van der Waals surface area contributed by atoms with Crippen LogP contribution < -0.4 is 10.6 Å². The molecule has 2 rings (SSSR count). The van der Waals surface area contributed by atoms with Crippen molar-refractivity contribution in [1.29, 1.82) is 0 Å². The molecule has 18 heavy (non-hydrogen) atoms. The zero-order valence-electron chi connectivity index (χ0n) is 10.9. The minimum Gasteiger partial charge on any atom is -0.392 e. The lowest BCUT2D eigenvalue weighted by Crippen LogP contribution is -2.48. The summed E-state index contributed by atoms with van der Waals surface area (Å²) in [6.07, 6.45) is 1.59. The number of aliphatic hydroxyl groups is 1. The predicted octanol–water partition coefficient (Wildman–Crippen LogP) is 0.0431. The summed E-state index contributed by atoms with van der Waals surface area (Å²) >= 11 is 0. The molecule has 0 spiro atoms. The Kier molecular flexibility index (Phi) is 4.52. The smallest absolute Gasteiger partial charge is 0.128 e. The van der Waals surface area contributed by atoms with Crippen LogP contribution in [0.5, 0.6) is 0 Å². The highest BCUT2D eigenvalue weighted by Crippen LogP contribution is 2.14. The fraction of sp³-hybridized carbons (Fsp3) is 0.615. The van der Waals surface area contributed by atoms with Crippen LogP contribution in [-0.4, -0.2) is 53.8 Å². The van der Waals surface area contributed by atoms with Crippen LogP contribution in [0, 0.1) is 0 Å². The monoisotopic (exact) mass is 250 g/mol. The highest BCUT2D eigenvalue weighted by Gasteiger charge is 2.18. The molecule has 5 heteroatoms. The maximum atomic E-state index is 9.37. The van der Waals surface area contributed by atoms with Gasteiger partial charge < -0.3 is 15.7 Å². The Morgan fingerprint density at radius 3 is 2.56 bits per heavy atom. The summed E-state index contributed by atoms with van der Waals surface area (Å²) in [5.41, 5.74) is 6.62. The maximum Gasteiger partial charge on any atom is 0.128 e. The standard InChI is InChI=1S/C13H22N4O/c1-11(18)10-16-4-6-17(7-5-16)13-3-2-12(8-14)9-15-13/h2-3,9,11,18H,4-8,10,14H2,1H3. The Labute approximate surface area is 108 Å². The Balaban J connectivity index is 1.88. The number of nitrogens with two attached hydrogens (primary N) is 1. The number of nitrogens with zero attached hydrogens (tertiary/aromatic N) is 3. The van der Waals surface area contributed by atoms with Gasteiger partial charge in [-0.05, 0) is 18.6 Å². The van der Waals surface area contributed by atoms with Crippen molar-refractivity contribution >= 4 is 5.82 Å². The fourth-order valence-electron chi connectivity index (χ4n) is 2.26. The summed E-state index contributed by atoms with van der Waals surface area (Å²) in [5.74, 6) is 1.02. The predicted molar refractivity (Wildman–Crippen MR) is 72.5 cm³/mol. The van der Waals surface area contributed by atoms with Crippen LogP contribution in [0.3, 0.4) is 0 Å². The van der Waals surface area contributed by atoms with Gasteiger partial charge in [-0.15, -0.1) is 0 Å². The van der Waals surface area contributed by atoms with Crippen LogP contribution in [-0.2, 0) is 6.54 Å². The third-order valence-electron chi connectivity index (χ3n) is 3.26. The van der Waals surface area contributed by atoms with E-state index in [1.807, 2.05) is 25.3 Å². The normalized spacial score (nSPS) is 18.9. The van der Waals surface area contributed by atoms with E-state index in [0.717, 1.165) is 44.1 Å². The van der Waals surface area contributed by atoms with Gasteiger partial charge in [0.15, 0.2) is 0 Å². The van der Waals surface area contributed by atoms with E-state index in [-0.39, 0.29) is 6.10 Å². The highest BCUT2D eigenvalue weighted by atomic mass is 16.3. The van der Waals surface area contributed by atoms with Gasteiger partial charge >= 0.3 is 0 Å². The van der Waals surface area contributed by atoms with Gasteiger partial charge in [-0.25, -0.2) is 4.98 Å². The van der Waals surface area contributed by atoms with Crippen LogP contribution >= 0.6 is 0 Å². The van der Waals surface area contributed by atoms with Crippen molar-refractivity contribution in [2.24, 2.45) is 5.73 Å². The number of aliphatic hydroxyl groups excluding tert-OH is 1. The maximum absolute atomic E-state index is 9.37. The molecule has 2 heterocycles. The molecule has 0 saturated carbocycles. The van der Waals surface area contributed by atoms with Crippen molar-refractivity contribution < 1.29 is 5.11 Å². The number of hydrogen-bond donors (Lipinski definition) is 2. The molecule has 0 radical (unpaired) electrons. The third-order valence-corrected chi connectivity index (χ3v) is 3.26. The Bertz CT molecular complexity index is 358. The number of anilines is 1. The molecule has 1 unspecified atom stereocenters. The first-order chi connectivity index (χ1) is 8.69. The summed E-state index contributed by atoms with van der Waals surface area (Å²) in [6, 6.07) is 4.07. The third kappa shape index (κ3) is 3.41. The summed E-state index contributed by atoms with van der Waals surface area (Å²) in [6.45, 7) is 7.00.